The van der Waals surface area contributed by atoms with E-state index in [0.717, 1.165) is 27.9 Å². The van der Waals surface area contributed by atoms with Crippen LogP contribution >= 0.6 is 24.0 Å². The fourth-order valence-electron chi connectivity index (χ4n) is 1.92. The number of anilines is 1. The van der Waals surface area contributed by atoms with Crippen LogP contribution in [0.25, 0.3) is 6.08 Å². The lowest BCUT2D eigenvalue weighted by molar-refractivity contribution is -0.140. The fraction of sp³-hybridized carbons (Fsp3) is 0.188. The van der Waals surface area contributed by atoms with E-state index in [1.807, 2.05) is 49.3 Å². The van der Waals surface area contributed by atoms with E-state index in [4.69, 9.17) is 17.3 Å². The lowest BCUT2D eigenvalue weighted by atomic mass is 10.2. The van der Waals surface area contributed by atoms with Gasteiger partial charge >= 0.3 is 5.97 Å². The lowest BCUT2D eigenvalue weighted by Gasteiger charge is -2.11. The highest BCUT2D eigenvalue weighted by atomic mass is 32.2. The van der Waals surface area contributed by atoms with Crippen LogP contribution in [-0.4, -0.2) is 46.8 Å². The molecular formula is C16H16N2O3S2. The smallest absolute Gasteiger partial charge is 0.323 e. The van der Waals surface area contributed by atoms with Gasteiger partial charge in [-0.1, -0.05) is 48.3 Å². The summed E-state index contributed by atoms with van der Waals surface area (Å²) in [5, 5.41) is 8.78. The average molecular weight is 348 g/mol. The zero-order valence-corrected chi connectivity index (χ0v) is 14.4. The van der Waals surface area contributed by atoms with Gasteiger partial charge in [-0.2, -0.15) is 0 Å². The number of hydrogen-bond donors (Lipinski definition) is 1. The average Bonchev–Trinajstić information content (AvgIpc) is 2.75. The third kappa shape index (κ3) is 4.43. The van der Waals surface area contributed by atoms with E-state index in [2.05, 4.69) is 0 Å². The number of nitrogens with zero attached hydrogens (tertiary/aromatic N) is 2. The summed E-state index contributed by atoms with van der Waals surface area (Å²) < 4.78 is 0.271. The number of thioether (sulfide) groups is 1. The molecule has 0 aliphatic carbocycles. The number of carbonyl (C=O) groups excluding carboxylic acids is 1. The maximum Gasteiger partial charge on any atom is 0.323 e. The molecule has 1 aromatic rings. The maximum absolute atomic E-state index is 12.1. The summed E-state index contributed by atoms with van der Waals surface area (Å²) in [4.78, 5) is 26.3. The lowest BCUT2D eigenvalue weighted by Crippen LogP contribution is -2.33. The van der Waals surface area contributed by atoms with Crippen LogP contribution in [-0.2, 0) is 9.59 Å². The van der Waals surface area contributed by atoms with E-state index in [1.54, 1.807) is 12.2 Å². The van der Waals surface area contributed by atoms with Gasteiger partial charge in [-0.05, 0) is 23.8 Å². The highest BCUT2D eigenvalue weighted by Gasteiger charge is 2.32. The first kappa shape index (κ1) is 17.2. The Morgan fingerprint density at radius 3 is 2.57 bits per heavy atom. The van der Waals surface area contributed by atoms with Crippen LogP contribution < -0.4 is 4.90 Å². The van der Waals surface area contributed by atoms with Crippen LogP contribution in [0.15, 0.2) is 41.3 Å². The molecule has 2 rings (SSSR count). The van der Waals surface area contributed by atoms with Crippen LogP contribution in [0.4, 0.5) is 5.69 Å². The second-order valence-electron chi connectivity index (χ2n) is 5.03. The molecule has 1 saturated heterocycles. The van der Waals surface area contributed by atoms with Gasteiger partial charge in [0.05, 0.1) is 4.91 Å². The number of carbonyl (C=O) groups is 2. The number of carboxylic acid groups (broad SMARTS) is 1. The van der Waals surface area contributed by atoms with Crippen LogP contribution in [0.3, 0.4) is 0 Å². The topological polar surface area (TPSA) is 60.9 Å². The summed E-state index contributed by atoms with van der Waals surface area (Å²) in [7, 11) is 3.95. The fourth-order valence-corrected chi connectivity index (χ4v) is 3.12. The number of rotatable bonds is 5. The predicted molar refractivity (Wildman–Crippen MR) is 97.4 cm³/mol. The van der Waals surface area contributed by atoms with Crippen molar-refractivity contribution in [1.82, 2.24) is 4.90 Å². The van der Waals surface area contributed by atoms with Crippen molar-refractivity contribution in [3.63, 3.8) is 0 Å². The molecule has 0 aromatic heterocycles. The van der Waals surface area contributed by atoms with E-state index in [0.29, 0.717) is 4.91 Å². The number of thiocarbonyl (C=S) groups is 1. The summed E-state index contributed by atoms with van der Waals surface area (Å²) in [5.41, 5.74) is 2.12. The van der Waals surface area contributed by atoms with Gasteiger partial charge in [0, 0.05) is 19.8 Å². The van der Waals surface area contributed by atoms with Gasteiger partial charge in [0.25, 0.3) is 5.91 Å². The molecule has 0 bridgehead atoms. The highest BCUT2D eigenvalue weighted by Crippen LogP contribution is 2.30. The van der Waals surface area contributed by atoms with Crippen molar-refractivity contribution in [1.29, 1.82) is 0 Å². The molecule has 1 heterocycles. The van der Waals surface area contributed by atoms with Crippen molar-refractivity contribution in [2.45, 2.75) is 0 Å². The Bertz CT molecular complexity index is 694. The van der Waals surface area contributed by atoms with Gasteiger partial charge in [0.1, 0.15) is 10.9 Å². The first-order chi connectivity index (χ1) is 10.9. The molecule has 1 aromatic carbocycles. The van der Waals surface area contributed by atoms with Gasteiger partial charge in [-0.25, -0.2) is 0 Å². The van der Waals surface area contributed by atoms with E-state index in [9.17, 15) is 9.59 Å². The van der Waals surface area contributed by atoms with Gasteiger partial charge in [-0.3, -0.25) is 14.5 Å². The number of benzene rings is 1. The second-order valence-corrected chi connectivity index (χ2v) is 6.70. The molecule has 0 spiro atoms. The van der Waals surface area contributed by atoms with E-state index >= 15 is 0 Å². The summed E-state index contributed by atoms with van der Waals surface area (Å²) in [5.74, 6) is -1.45. The zero-order chi connectivity index (χ0) is 17.0. The Balaban J connectivity index is 2.06. The van der Waals surface area contributed by atoms with E-state index < -0.39 is 12.5 Å². The molecule has 23 heavy (non-hydrogen) atoms. The minimum Gasteiger partial charge on any atom is -0.480 e. The quantitative estimate of drug-likeness (QED) is 0.652. The number of carboxylic acids is 1. The minimum absolute atomic E-state index is 0.271. The molecule has 0 saturated carbocycles. The Kier molecular flexibility index (Phi) is 5.57. The van der Waals surface area contributed by atoms with Crippen LogP contribution in [0.5, 0.6) is 0 Å². The molecule has 1 amide bonds. The third-order valence-electron chi connectivity index (χ3n) is 3.11. The van der Waals surface area contributed by atoms with E-state index in [-0.39, 0.29) is 10.2 Å². The van der Waals surface area contributed by atoms with Gasteiger partial charge in [0.2, 0.25) is 0 Å². The molecule has 0 radical (unpaired) electrons. The summed E-state index contributed by atoms with van der Waals surface area (Å²) in [6.45, 7) is -0.405. The maximum atomic E-state index is 12.1. The Labute approximate surface area is 144 Å². The molecule has 120 valence electrons. The van der Waals surface area contributed by atoms with Crippen molar-refractivity contribution >= 4 is 51.9 Å². The van der Waals surface area contributed by atoms with Gasteiger partial charge in [0.15, 0.2) is 0 Å². The normalized spacial score (nSPS) is 16.6. The number of hydrogen-bond acceptors (Lipinski definition) is 5. The Morgan fingerprint density at radius 2 is 2.00 bits per heavy atom. The largest absolute Gasteiger partial charge is 0.480 e. The Hall–Kier alpha value is -2.12. The summed E-state index contributed by atoms with van der Waals surface area (Å²) in [6, 6.07) is 7.97. The van der Waals surface area contributed by atoms with Crippen molar-refractivity contribution < 1.29 is 14.7 Å². The van der Waals surface area contributed by atoms with Crippen molar-refractivity contribution in [2.75, 3.05) is 25.5 Å². The van der Waals surface area contributed by atoms with Gasteiger partial charge < -0.3 is 10.0 Å². The van der Waals surface area contributed by atoms with E-state index in [1.165, 1.54) is 0 Å². The molecule has 0 unspecified atom stereocenters. The first-order valence-electron chi connectivity index (χ1n) is 6.79. The number of aliphatic carboxylic acids is 1. The van der Waals surface area contributed by atoms with Crippen LogP contribution in [0.1, 0.15) is 5.56 Å². The highest BCUT2D eigenvalue weighted by molar-refractivity contribution is 8.26. The number of amides is 1. The Morgan fingerprint density at radius 1 is 1.35 bits per heavy atom. The minimum atomic E-state index is -1.08. The first-order valence-corrected chi connectivity index (χ1v) is 8.02. The molecule has 1 aliphatic heterocycles. The van der Waals surface area contributed by atoms with Crippen LogP contribution in [0, 0.1) is 0 Å². The molecule has 7 heteroatoms. The molecule has 1 aliphatic rings. The SMILES string of the molecule is CN(C)c1ccc(/C=C/C=C2\SC(=S)N(CC(=O)O)C2=O)cc1. The summed E-state index contributed by atoms with van der Waals surface area (Å²) >= 11 is 6.14. The monoisotopic (exact) mass is 348 g/mol. The van der Waals surface area contributed by atoms with Crippen LogP contribution in [0.2, 0.25) is 0 Å². The molecular weight excluding hydrogens is 332 g/mol. The summed E-state index contributed by atoms with van der Waals surface area (Å²) in [6.07, 6.45) is 5.29. The van der Waals surface area contributed by atoms with Crippen molar-refractivity contribution in [3.05, 3.63) is 46.9 Å². The predicted octanol–water partition coefficient (Wildman–Crippen LogP) is 2.59. The molecule has 5 nitrogen and oxygen atoms in total. The molecule has 1 fully saturated rings. The van der Waals surface area contributed by atoms with Crippen molar-refractivity contribution in [3.8, 4) is 0 Å². The molecule has 1 N–H and O–H groups in total. The zero-order valence-electron chi connectivity index (χ0n) is 12.7. The third-order valence-corrected chi connectivity index (χ3v) is 4.51. The second kappa shape index (κ2) is 7.43. The van der Waals surface area contributed by atoms with Crippen molar-refractivity contribution in [2.24, 2.45) is 0 Å². The molecule has 0 atom stereocenters. The van der Waals surface area contributed by atoms with Gasteiger partial charge in [-0.15, -0.1) is 0 Å². The number of allylic oxidation sites excluding steroid dienone is 2. The standard InChI is InChI=1S/C16H16N2O3S2/c1-17(2)12-8-6-11(7-9-12)4-3-5-13-15(21)18(10-14(19)20)16(22)23-13/h3-9H,10H2,1-2H3,(H,19,20)/b4-3+,13-5-.